The second kappa shape index (κ2) is 7.21. The predicted octanol–water partition coefficient (Wildman–Crippen LogP) is 1.73. The molecule has 8 nitrogen and oxygen atoms in total. The Morgan fingerprint density at radius 1 is 1.48 bits per heavy atom. The molecule has 0 aliphatic rings. The molecule has 0 aliphatic heterocycles. The molecule has 0 aromatic heterocycles. The van der Waals surface area contributed by atoms with Gasteiger partial charge in [0.25, 0.3) is 11.6 Å². The van der Waals surface area contributed by atoms with Crippen LogP contribution in [0.1, 0.15) is 10.4 Å². The van der Waals surface area contributed by atoms with Crippen molar-refractivity contribution in [3.63, 3.8) is 0 Å². The molecule has 1 amide bonds. The number of carboxylic acids is 1. The van der Waals surface area contributed by atoms with Crippen LogP contribution in [0.3, 0.4) is 0 Å². The van der Waals surface area contributed by atoms with Crippen molar-refractivity contribution in [3.05, 3.63) is 37.9 Å². The maximum atomic E-state index is 11.9. The summed E-state index contributed by atoms with van der Waals surface area (Å²) >= 11 is 11.4. The number of carbonyl (C=O) groups is 2. The minimum Gasteiger partial charge on any atom is -0.480 e. The van der Waals surface area contributed by atoms with Gasteiger partial charge in [0, 0.05) is 18.7 Å². The van der Waals surface area contributed by atoms with Gasteiger partial charge >= 0.3 is 5.97 Å². The third kappa shape index (κ3) is 4.28. The van der Waals surface area contributed by atoms with Crippen LogP contribution in [0.4, 0.5) is 5.69 Å². The number of nitro groups is 1. The Labute approximate surface area is 128 Å². The number of hydrogen-bond acceptors (Lipinski definition) is 5. The molecular formula is C11H10Cl2N2O6. The lowest BCUT2D eigenvalue weighted by molar-refractivity contribution is -0.384. The molecule has 0 saturated heterocycles. The Bertz CT molecular complexity index is 592. The summed E-state index contributed by atoms with van der Waals surface area (Å²) in [6, 6.07) is 0.726. The van der Waals surface area contributed by atoms with E-state index in [1.165, 1.54) is 7.11 Å². The highest BCUT2D eigenvalue weighted by Crippen LogP contribution is 2.33. The number of halogens is 2. The fraction of sp³-hybridized carbons (Fsp3) is 0.273. The van der Waals surface area contributed by atoms with Crippen molar-refractivity contribution < 1.29 is 24.4 Å². The number of nitrogens with zero attached hydrogens (tertiary/aromatic N) is 1. The van der Waals surface area contributed by atoms with E-state index >= 15 is 0 Å². The largest absolute Gasteiger partial charge is 0.480 e. The Kier molecular flexibility index (Phi) is 5.89. The van der Waals surface area contributed by atoms with Crippen molar-refractivity contribution in [1.82, 2.24) is 5.32 Å². The highest BCUT2D eigenvalue weighted by atomic mass is 35.5. The Hall–Kier alpha value is -1.90. The minimum absolute atomic E-state index is 0.182. The highest BCUT2D eigenvalue weighted by molar-refractivity contribution is 6.43. The van der Waals surface area contributed by atoms with E-state index in [2.05, 4.69) is 10.1 Å². The van der Waals surface area contributed by atoms with E-state index in [1.54, 1.807) is 0 Å². The molecule has 0 fully saturated rings. The lowest BCUT2D eigenvalue weighted by atomic mass is 10.1. The van der Waals surface area contributed by atoms with Crippen LogP contribution in [-0.4, -0.2) is 41.7 Å². The van der Waals surface area contributed by atoms with Gasteiger partial charge in [-0.05, 0) is 6.07 Å². The van der Waals surface area contributed by atoms with Gasteiger partial charge in [-0.25, -0.2) is 4.79 Å². The molecule has 1 unspecified atom stereocenters. The van der Waals surface area contributed by atoms with Crippen LogP contribution in [0.25, 0.3) is 0 Å². The third-order valence-corrected chi connectivity index (χ3v) is 3.20. The van der Waals surface area contributed by atoms with E-state index in [9.17, 15) is 19.7 Å². The van der Waals surface area contributed by atoms with Crippen LogP contribution < -0.4 is 5.32 Å². The lowest BCUT2D eigenvalue weighted by Crippen LogP contribution is -2.43. The fourth-order valence-corrected chi connectivity index (χ4v) is 1.81. The summed E-state index contributed by atoms with van der Waals surface area (Å²) in [5, 5.41) is 21.4. The molecule has 1 aromatic carbocycles. The van der Waals surface area contributed by atoms with Crippen molar-refractivity contribution in [2.24, 2.45) is 0 Å². The third-order valence-electron chi connectivity index (χ3n) is 2.40. The molecular weight excluding hydrogens is 327 g/mol. The van der Waals surface area contributed by atoms with Gasteiger partial charge in [0.1, 0.15) is 5.02 Å². The number of hydrogen-bond donors (Lipinski definition) is 2. The first-order chi connectivity index (χ1) is 9.77. The number of carbonyl (C=O) groups excluding carboxylic acids is 1. The summed E-state index contributed by atoms with van der Waals surface area (Å²) in [6.07, 6.45) is 0. The van der Waals surface area contributed by atoms with Crippen LogP contribution in [0.15, 0.2) is 12.1 Å². The SMILES string of the molecule is COCC(NC(=O)c1cc(Cl)c(Cl)c([N+](=O)[O-])c1)C(=O)O. The van der Waals surface area contributed by atoms with Crippen LogP contribution in [-0.2, 0) is 9.53 Å². The first-order valence-corrected chi connectivity index (χ1v) is 6.19. The normalized spacial score (nSPS) is 11.8. The standard InChI is InChI=1S/C11H10Cl2N2O6/c1-21-4-7(11(17)18)14-10(16)5-2-6(12)9(13)8(3-5)15(19)20/h2-3,7H,4H2,1H3,(H,14,16)(H,17,18). The molecule has 10 heteroatoms. The molecule has 21 heavy (non-hydrogen) atoms. The summed E-state index contributed by atoms with van der Waals surface area (Å²) in [5.74, 6) is -2.15. The van der Waals surface area contributed by atoms with E-state index in [4.69, 9.17) is 28.3 Å². The van der Waals surface area contributed by atoms with Gasteiger partial charge in [-0.1, -0.05) is 23.2 Å². The van der Waals surface area contributed by atoms with E-state index < -0.39 is 28.5 Å². The van der Waals surface area contributed by atoms with E-state index in [1.807, 2.05) is 0 Å². The van der Waals surface area contributed by atoms with Gasteiger partial charge < -0.3 is 15.2 Å². The van der Waals surface area contributed by atoms with Crippen molar-refractivity contribution in [2.75, 3.05) is 13.7 Å². The van der Waals surface area contributed by atoms with Crippen molar-refractivity contribution in [2.45, 2.75) is 6.04 Å². The average molecular weight is 337 g/mol. The molecule has 0 heterocycles. The number of nitro benzene ring substituents is 1. The van der Waals surface area contributed by atoms with Crippen molar-refractivity contribution >= 4 is 40.8 Å². The molecule has 0 radical (unpaired) electrons. The maximum Gasteiger partial charge on any atom is 0.328 e. The number of nitrogens with one attached hydrogen (secondary N) is 1. The molecule has 114 valence electrons. The van der Waals surface area contributed by atoms with E-state index in [0.29, 0.717) is 0 Å². The molecule has 1 rings (SSSR count). The first kappa shape index (κ1) is 17.2. The van der Waals surface area contributed by atoms with Crippen LogP contribution >= 0.6 is 23.2 Å². The number of rotatable bonds is 6. The average Bonchev–Trinajstić information content (AvgIpc) is 2.40. The van der Waals surface area contributed by atoms with Gasteiger partial charge in [0.05, 0.1) is 16.6 Å². The zero-order valence-corrected chi connectivity index (χ0v) is 12.1. The quantitative estimate of drug-likeness (QED) is 0.603. The number of carboxylic acid groups (broad SMARTS) is 1. The topological polar surface area (TPSA) is 119 Å². The van der Waals surface area contributed by atoms with E-state index in [-0.39, 0.29) is 22.2 Å². The highest BCUT2D eigenvalue weighted by Gasteiger charge is 2.24. The Morgan fingerprint density at radius 2 is 2.10 bits per heavy atom. The van der Waals surface area contributed by atoms with Crippen molar-refractivity contribution in [1.29, 1.82) is 0 Å². The summed E-state index contributed by atoms with van der Waals surface area (Å²) < 4.78 is 4.66. The lowest BCUT2D eigenvalue weighted by Gasteiger charge is -2.13. The monoisotopic (exact) mass is 336 g/mol. The zero-order valence-electron chi connectivity index (χ0n) is 10.6. The number of methoxy groups -OCH3 is 1. The second-order valence-corrected chi connectivity index (χ2v) is 4.65. The number of benzene rings is 1. The number of amides is 1. The summed E-state index contributed by atoms with van der Waals surface area (Å²) in [6.45, 7) is -0.259. The fourth-order valence-electron chi connectivity index (χ4n) is 1.42. The molecule has 2 N–H and O–H groups in total. The van der Waals surface area contributed by atoms with Gasteiger partial charge in [0.2, 0.25) is 0 Å². The van der Waals surface area contributed by atoms with E-state index in [0.717, 1.165) is 12.1 Å². The smallest absolute Gasteiger partial charge is 0.328 e. The van der Waals surface area contributed by atoms with Crippen molar-refractivity contribution in [3.8, 4) is 0 Å². The number of ether oxygens (including phenoxy) is 1. The van der Waals surface area contributed by atoms with Crippen LogP contribution in [0, 0.1) is 10.1 Å². The van der Waals surface area contributed by atoms with Gasteiger partial charge in [-0.3, -0.25) is 14.9 Å². The molecule has 0 saturated carbocycles. The number of aliphatic carboxylic acids is 1. The molecule has 0 bridgehead atoms. The summed E-state index contributed by atoms with van der Waals surface area (Å²) in [7, 11) is 1.27. The molecule has 1 atom stereocenters. The first-order valence-electron chi connectivity index (χ1n) is 5.44. The minimum atomic E-state index is -1.31. The van der Waals surface area contributed by atoms with Gasteiger partial charge in [0.15, 0.2) is 6.04 Å². The molecule has 0 spiro atoms. The van der Waals surface area contributed by atoms with Gasteiger partial charge in [-0.15, -0.1) is 0 Å². The van der Waals surface area contributed by atoms with Gasteiger partial charge in [-0.2, -0.15) is 0 Å². The predicted molar refractivity (Wildman–Crippen MR) is 73.9 cm³/mol. The Balaban J connectivity index is 3.07. The summed E-state index contributed by atoms with van der Waals surface area (Å²) in [4.78, 5) is 32.8. The maximum absolute atomic E-state index is 11.9. The molecule has 1 aromatic rings. The molecule has 0 aliphatic carbocycles. The second-order valence-electron chi connectivity index (χ2n) is 3.87. The Morgan fingerprint density at radius 3 is 2.57 bits per heavy atom. The van der Waals surface area contributed by atoms with Crippen LogP contribution in [0.5, 0.6) is 0 Å². The van der Waals surface area contributed by atoms with Crippen LogP contribution in [0.2, 0.25) is 10.0 Å². The summed E-state index contributed by atoms with van der Waals surface area (Å²) in [5.41, 5.74) is -0.730. The zero-order chi connectivity index (χ0) is 16.2.